The van der Waals surface area contributed by atoms with E-state index in [-0.39, 0.29) is 10.8 Å². The minimum absolute atomic E-state index is 0.0247. The Morgan fingerprint density at radius 2 is 1.08 bits per heavy atom. The molecule has 7 aromatic carbocycles. The highest BCUT2D eigenvalue weighted by molar-refractivity contribution is 7.99. The highest BCUT2D eigenvalue weighted by Gasteiger charge is 2.46. The summed E-state index contributed by atoms with van der Waals surface area (Å²) in [5.41, 5.74) is 21.1. The Morgan fingerprint density at radius 1 is 0.541 bits per heavy atom. The zero-order valence-corrected chi connectivity index (χ0v) is 36.0. The fourth-order valence-corrected chi connectivity index (χ4v) is 12.3. The fraction of sp³-hybridized carbons (Fsp3) is 0.172. The van der Waals surface area contributed by atoms with Crippen LogP contribution in [0.25, 0.3) is 23.3 Å². The minimum Gasteiger partial charge on any atom is -0.310 e. The molecule has 0 amide bonds. The Morgan fingerprint density at radius 3 is 1.74 bits per heavy atom. The summed E-state index contributed by atoms with van der Waals surface area (Å²) in [6.45, 7) is 9.69. The molecule has 12 rings (SSSR count). The van der Waals surface area contributed by atoms with Crippen molar-refractivity contribution in [1.29, 1.82) is 0 Å². The van der Waals surface area contributed by atoms with Crippen molar-refractivity contribution in [2.45, 2.75) is 67.1 Å². The van der Waals surface area contributed by atoms with E-state index in [1.807, 2.05) is 11.8 Å². The monoisotopic (exact) mass is 804 g/mol. The maximum absolute atomic E-state index is 2.56. The van der Waals surface area contributed by atoms with Crippen molar-refractivity contribution in [2.75, 3.05) is 9.80 Å². The van der Waals surface area contributed by atoms with Crippen molar-refractivity contribution in [2.24, 2.45) is 5.92 Å². The first-order chi connectivity index (χ1) is 29.7. The lowest BCUT2D eigenvalue weighted by Crippen LogP contribution is -2.28. The van der Waals surface area contributed by atoms with E-state index in [9.17, 15) is 0 Å². The summed E-state index contributed by atoms with van der Waals surface area (Å²) in [6.07, 6.45) is 14.1. The topological polar surface area (TPSA) is 6.48 Å². The summed E-state index contributed by atoms with van der Waals surface area (Å²) in [6, 6.07) is 56.9. The van der Waals surface area contributed by atoms with Crippen LogP contribution in [0.3, 0.4) is 0 Å². The minimum atomic E-state index is -0.139. The van der Waals surface area contributed by atoms with E-state index in [1.54, 1.807) is 0 Å². The van der Waals surface area contributed by atoms with Gasteiger partial charge in [-0.2, -0.15) is 0 Å². The van der Waals surface area contributed by atoms with Crippen molar-refractivity contribution >= 4 is 52.4 Å². The molecule has 3 aliphatic carbocycles. The molecular formula is C58H48N2S. The average molecular weight is 805 g/mol. The van der Waals surface area contributed by atoms with Gasteiger partial charge in [-0.3, -0.25) is 0 Å². The van der Waals surface area contributed by atoms with E-state index in [0.29, 0.717) is 11.8 Å². The molecule has 5 aliphatic rings. The Bertz CT molecular complexity index is 2960. The standard InChI is InChI=1S/C58H48N2S/c1-57(2)47-33-37(23-29-43(47)45-31-27-41(35-49(45)57)59-51-15-7-5-13-39(51)25-26-40-14-6-8-16-52(40)59)21-22-38-24-30-44-46-32-28-42(36-50(46)58(3,4)48(44)34-38)60-53-17-9-11-19-55(53)61-56-20-12-10-18-54(56)60/h5-24,27-36,46,50H,25-26H2,1-4H3/b22-21+. The van der Waals surface area contributed by atoms with Crippen LogP contribution >= 0.6 is 11.8 Å². The van der Waals surface area contributed by atoms with Crippen molar-refractivity contribution in [3.05, 3.63) is 220 Å². The number of fused-ring (bicyclic) bond motifs is 10. The zero-order chi connectivity index (χ0) is 41.0. The Hall–Kier alpha value is -6.29. The molecule has 0 fully saturated rings. The van der Waals surface area contributed by atoms with Crippen LogP contribution in [-0.2, 0) is 23.7 Å². The molecule has 7 aromatic rings. The molecule has 0 saturated heterocycles. The molecule has 2 unspecified atom stereocenters. The number of anilines is 5. The molecule has 0 N–H and O–H groups in total. The second-order valence-corrected chi connectivity index (χ2v) is 19.6. The maximum atomic E-state index is 2.56. The molecule has 0 aromatic heterocycles. The van der Waals surface area contributed by atoms with Crippen LogP contribution in [-0.4, -0.2) is 0 Å². The number of aryl methyl sites for hydroxylation is 2. The molecular weight excluding hydrogens is 757 g/mol. The van der Waals surface area contributed by atoms with Crippen molar-refractivity contribution in [3.63, 3.8) is 0 Å². The summed E-state index contributed by atoms with van der Waals surface area (Å²) in [7, 11) is 0. The van der Waals surface area contributed by atoms with Gasteiger partial charge in [0.25, 0.3) is 0 Å². The van der Waals surface area contributed by atoms with Gasteiger partial charge in [0.15, 0.2) is 0 Å². The second kappa shape index (κ2) is 13.6. The third kappa shape index (κ3) is 5.63. The van der Waals surface area contributed by atoms with E-state index < -0.39 is 0 Å². The summed E-state index contributed by atoms with van der Waals surface area (Å²) < 4.78 is 0. The first-order valence-electron chi connectivity index (χ1n) is 21.9. The third-order valence-corrected chi connectivity index (χ3v) is 15.5. The van der Waals surface area contributed by atoms with Crippen molar-refractivity contribution in [3.8, 4) is 11.1 Å². The third-order valence-electron chi connectivity index (χ3n) is 14.4. The molecule has 2 nitrogen and oxygen atoms in total. The Balaban J connectivity index is 0.838. The predicted molar refractivity (Wildman–Crippen MR) is 257 cm³/mol. The van der Waals surface area contributed by atoms with Gasteiger partial charge in [0.2, 0.25) is 0 Å². The van der Waals surface area contributed by atoms with Crippen LogP contribution < -0.4 is 9.80 Å². The fourth-order valence-electron chi connectivity index (χ4n) is 11.2. The highest BCUT2D eigenvalue weighted by atomic mass is 32.2. The summed E-state index contributed by atoms with van der Waals surface area (Å²) in [4.78, 5) is 7.57. The number of para-hydroxylation sites is 4. The van der Waals surface area contributed by atoms with Gasteiger partial charge in [-0.05, 0) is 134 Å². The van der Waals surface area contributed by atoms with Crippen molar-refractivity contribution < 1.29 is 0 Å². The quantitative estimate of drug-likeness (QED) is 0.164. The van der Waals surface area contributed by atoms with Crippen LogP contribution in [0, 0.1) is 5.92 Å². The molecule has 2 heterocycles. The van der Waals surface area contributed by atoms with E-state index in [2.05, 4.69) is 220 Å². The molecule has 61 heavy (non-hydrogen) atoms. The SMILES string of the molecule is CC1(C)c2cc(/C=C/c3ccc4c(c3)C(C)(C)C3C=C(N5c6ccccc6Sc6ccccc65)C=CC43)ccc2-c2ccc(N3c4ccccc4CCc4ccccc43)cc21. The van der Waals surface area contributed by atoms with Crippen LogP contribution in [0.1, 0.15) is 78.1 Å². The average Bonchev–Trinajstić information content (AvgIpc) is 3.55. The van der Waals surface area contributed by atoms with Crippen LogP contribution in [0.5, 0.6) is 0 Å². The highest BCUT2D eigenvalue weighted by Crippen LogP contribution is 2.57. The normalized spacial score (nSPS) is 19.4. The second-order valence-electron chi connectivity index (χ2n) is 18.5. The molecule has 0 radical (unpaired) electrons. The largest absolute Gasteiger partial charge is 0.310 e. The van der Waals surface area contributed by atoms with Crippen LogP contribution in [0.4, 0.5) is 28.4 Å². The van der Waals surface area contributed by atoms with E-state index in [0.717, 1.165) is 12.8 Å². The lowest BCUT2D eigenvalue weighted by atomic mass is 9.74. The lowest BCUT2D eigenvalue weighted by Gasteiger charge is -2.37. The number of benzene rings is 7. The van der Waals surface area contributed by atoms with Gasteiger partial charge < -0.3 is 9.80 Å². The Kier molecular flexibility index (Phi) is 8.16. The van der Waals surface area contributed by atoms with Crippen LogP contribution in [0.2, 0.25) is 0 Å². The maximum Gasteiger partial charge on any atom is 0.0601 e. The summed E-state index contributed by atoms with van der Waals surface area (Å²) >= 11 is 1.87. The van der Waals surface area contributed by atoms with Gasteiger partial charge in [0.1, 0.15) is 0 Å². The molecule has 3 heteroatoms. The molecule has 0 bridgehead atoms. The number of rotatable bonds is 4. The summed E-state index contributed by atoms with van der Waals surface area (Å²) in [5, 5.41) is 0. The van der Waals surface area contributed by atoms with E-state index in [4.69, 9.17) is 0 Å². The van der Waals surface area contributed by atoms with Gasteiger partial charge in [-0.15, -0.1) is 0 Å². The molecule has 2 atom stereocenters. The van der Waals surface area contributed by atoms with E-state index >= 15 is 0 Å². The zero-order valence-electron chi connectivity index (χ0n) is 35.2. The lowest BCUT2D eigenvalue weighted by molar-refractivity contribution is 0.392. The predicted octanol–water partition coefficient (Wildman–Crippen LogP) is 15.5. The Labute approximate surface area is 364 Å². The number of hydrogen-bond acceptors (Lipinski definition) is 3. The van der Waals surface area contributed by atoms with Crippen LogP contribution in [0.15, 0.2) is 185 Å². The van der Waals surface area contributed by atoms with Gasteiger partial charge >= 0.3 is 0 Å². The van der Waals surface area contributed by atoms with Gasteiger partial charge in [-0.25, -0.2) is 0 Å². The molecule has 2 aliphatic heterocycles. The number of hydrogen-bond donors (Lipinski definition) is 0. The van der Waals surface area contributed by atoms with Crippen molar-refractivity contribution in [1.82, 2.24) is 0 Å². The van der Waals surface area contributed by atoms with E-state index in [1.165, 1.54) is 99.6 Å². The smallest absolute Gasteiger partial charge is 0.0601 e. The molecule has 0 saturated carbocycles. The van der Waals surface area contributed by atoms with Gasteiger partial charge in [0.05, 0.1) is 11.4 Å². The van der Waals surface area contributed by atoms with Gasteiger partial charge in [-0.1, -0.05) is 167 Å². The van der Waals surface area contributed by atoms with Gasteiger partial charge in [0, 0.05) is 43.9 Å². The molecule has 296 valence electrons. The first-order valence-corrected chi connectivity index (χ1v) is 22.7. The number of nitrogens with zero attached hydrogens (tertiary/aromatic N) is 2. The first kappa shape index (κ1) is 36.6. The summed E-state index contributed by atoms with van der Waals surface area (Å²) in [5.74, 6) is 0.724. The number of allylic oxidation sites excluding steroid dienone is 3. The molecule has 0 spiro atoms.